The Morgan fingerprint density at radius 1 is 1.28 bits per heavy atom. The van der Waals surface area contributed by atoms with Crippen LogP contribution in [0.5, 0.6) is 0 Å². The van der Waals surface area contributed by atoms with Crippen LogP contribution in [0, 0.1) is 6.92 Å². The van der Waals surface area contributed by atoms with Gasteiger partial charge in [0.2, 0.25) is 0 Å². The number of aromatic nitrogens is 2. The molecule has 0 amide bonds. The molecule has 1 atom stereocenters. The molecule has 3 nitrogen and oxygen atoms in total. The van der Waals surface area contributed by atoms with E-state index >= 15 is 0 Å². The molecule has 0 saturated carbocycles. The molecule has 1 aromatic carbocycles. The van der Waals surface area contributed by atoms with Gasteiger partial charge in [-0.2, -0.15) is 0 Å². The lowest BCUT2D eigenvalue weighted by Gasteiger charge is -2.09. The number of nitrogens with zero attached hydrogens (tertiary/aromatic N) is 2. The third-order valence-electron chi connectivity index (χ3n) is 2.67. The molecule has 0 radical (unpaired) electrons. The van der Waals surface area contributed by atoms with Crippen molar-refractivity contribution < 1.29 is 0 Å². The van der Waals surface area contributed by atoms with Crippen molar-refractivity contribution in [2.24, 2.45) is 5.73 Å². The second-order valence-electron chi connectivity index (χ2n) is 4.22. The minimum atomic E-state index is -0.0131. The number of hydrogen-bond donors (Lipinski definition) is 1. The Hall–Kier alpha value is -1.39. The van der Waals surface area contributed by atoms with Crippen molar-refractivity contribution in [3.8, 4) is 0 Å². The lowest BCUT2D eigenvalue weighted by atomic mass is 10.1. The van der Waals surface area contributed by atoms with Crippen molar-refractivity contribution in [3.05, 3.63) is 53.6 Å². The maximum atomic E-state index is 5.84. The van der Waals surface area contributed by atoms with E-state index in [1.807, 2.05) is 38.2 Å². The second-order valence-corrected chi connectivity index (χ2v) is 5.27. The molecule has 2 N–H and O–H groups in total. The highest BCUT2D eigenvalue weighted by atomic mass is 32.2. The quantitative estimate of drug-likeness (QED) is 0.857. The van der Waals surface area contributed by atoms with Gasteiger partial charge in [-0.05, 0) is 26.0 Å². The number of benzene rings is 1. The zero-order valence-corrected chi connectivity index (χ0v) is 11.4. The van der Waals surface area contributed by atoms with Gasteiger partial charge in [-0.1, -0.05) is 18.2 Å². The molecule has 0 aliphatic carbocycles. The smallest absolute Gasteiger partial charge is 0.138 e. The summed E-state index contributed by atoms with van der Waals surface area (Å²) in [6.07, 6.45) is 1.84. The molecule has 2 aromatic rings. The molecule has 0 fully saturated rings. The summed E-state index contributed by atoms with van der Waals surface area (Å²) in [5.41, 5.74) is 7.84. The summed E-state index contributed by atoms with van der Waals surface area (Å²) in [5.74, 6) is 1.63. The predicted octanol–water partition coefficient (Wildman–Crippen LogP) is 3.10. The van der Waals surface area contributed by atoms with Gasteiger partial charge in [0.05, 0.1) is 5.75 Å². The van der Waals surface area contributed by atoms with Crippen LogP contribution >= 0.6 is 11.8 Å². The highest BCUT2D eigenvalue weighted by Crippen LogP contribution is 2.21. The van der Waals surface area contributed by atoms with Crippen LogP contribution in [0.4, 0.5) is 0 Å². The summed E-state index contributed by atoms with van der Waals surface area (Å²) in [6, 6.07) is 10.3. The van der Waals surface area contributed by atoms with E-state index in [4.69, 9.17) is 5.73 Å². The van der Waals surface area contributed by atoms with Crippen LogP contribution in [-0.4, -0.2) is 9.97 Å². The Kier molecular flexibility index (Phi) is 4.33. The highest BCUT2D eigenvalue weighted by Gasteiger charge is 2.07. The zero-order valence-electron chi connectivity index (χ0n) is 10.6. The monoisotopic (exact) mass is 259 g/mol. The molecule has 0 bridgehead atoms. The lowest BCUT2D eigenvalue weighted by molar-refractivity contribution is 0.781. The van der Waals surface area contributed by atoms with Crippen LogP contribution in [0.25, 0.3) is 0 Å². The zero-order chi connectivity index (χ0) is 13.0. The summed E-state index contributed by atoms with van der Waals surface area (Å²) in [7, 11) is 0. The van der Waals surface area contributed by atoms with Gasteiger partial charge in [0.25, 0.3) is 0 Å². The molecule has 0 aliphatic rings. The van der Waals surface area contributed by atoms with Crippen LogP contribution in [-0.2, 0) is 5.75 Å². The molecule has 1 aromatic heterocycles. The van der Waals surface area contributed by atoms with E-state index in [-0.39, 0.29) is 6.04 Å². The minimum Gasteiger partial charge on any atom is -0.324 e. The third kappa shape index (κ3) is 3.31. The Morgan fingerprint density at radius 2 is 2.00 bits per heavy atom. The largest absolute Gasteiger partial charge is 0.324 e. The number of thioether (sulfide) groups is 1. The van der Waals surface area contributed by atoms with E-state index in [1.54, 1.807) is 11.8 Å². The fourth-order valence-corrected chi connectivity index (χ4v) is 2.49. The first-order chi connectivity index (χ1) is 8.66. The fourth-order valence-electron chi connectivity index (χ4n) is 1.71. The van der Waals surface area contributed by atoms with E-state index in [0.29, 0.717) is 0 Å². The summed E-state index contributed by atoms with van der Waals surface area (Å²) in [5, 5.41) is 0. The molecule has 2 rings (SSSR count). The van der Waals surface area contributed by atoms with Gasteiger partial charge in [0, 0.05) is 28.4 Å². The summed E-state index contributed by atoms with van der Waals surface area (Å²) < 4.78 is 0. The Labute approximate surface area is 112 Å². The van der Waals surface area contributed by atoms with Gasteiger partial charge in [0.15, 0.2) is 0 Å². The van der Waals surface area contributed by atoms with Crippen LogP contribution in [0.15, 0.2) is 41.4 Å². The van der Waals surface area contributed by atoms with E-state index in [0.717, 1.165) is 22.8 Å². The molecule has 0 aliphatic heterocycles. The van der Waals surface area contributed by atoms with Crippen LogP contribution in [0.1, 0.15) is 30.0 Å². The molecule has 1 heterocycles. The number of rotatable bonds is 4. The van der Waals surface area contributed by atoms with E-state index in [2.05, 4.69) is 22.1 Å². The van der Waals surface area contributed by atoms with Gasteiger partial charge in [-0.15, -0.1) is 11.8 Å². The van der Waals surface area contributed by atoms with Gasteiger partial charge in [-0.25, -0.2) is 9.97 Å². The SMILES string of the molecule is Cc1nc(CSc2ccccc2)ncc1[C@@H](C)N. The minimum absolute atomic E-state index is 0.0131. The van der Waals surface area contributed by atoms with E-state index in [1.165, 1.54) is 4.90 Å². The molecule has 0 spiro atoms. The van der Waals surface area contributed by atoms with Crippen LogP contribution in [0.2, 0.25) is 0 Å². The van der Waals surface area contributed by atoms with Crippen molar-refractivity contribution in [1.82, 2.24) is 9.97 Å². The standard InChI is InChI=1S/C14H17N3S/c1-10(15)13-8-16-14(17-11(13)2)9-18-12-6-4-3-5-7-12/h3-8,10H,9,15H2,1-2H3/t10-/m1/s1. The maximum Gasteiger partial charge on any atom is 0.138 e. The Balaban J connectivity index is 2.05. The van der Waals surface area contributed by atoms with Crippen molar-refractivity contribution >= 4 is 11.8 Å². The lowest BCUT2D eigenvalue weighted by Crippen LogP contribution is -2.10. The first-order valence-corrected chi connectivity index (χ1v) is 6.91. The maximum absolute atomic E-state index is 5.84. The average molecular weight is 259 g/mol. The van der Waals surface area contributed by atoms with Gasteiger partial charge in [0.1, 0.15) is 5.82 Å². The van der Waals surface area contributed by atoms with Crippen LogP contribution in [0.3, 0.4) is 0 Å². The Bertz CT molecular complexity index is 512. The molecular weight excluding hydrogens is 242 g/mol. The van der Waals surface area contributed by atoms with Crippen molar-refractivity contribution in [2.75, 3.05) is 0 Å². The summed E-state index contributed by atoms with van der Waals surface area (Å²) in [4.78, 5) is 10.1. The molecule has 94 valence electrons. The highest BCUT2D eigenvalue weighted by molar-refractivity contribution is 7.98. The summed E-state index contributed by atoms with van der Waals surface area (Å²) >= 11 is 1.74. The molecule has 0 unspecified atom stereocenters. The topological polar surface area (TPSA) is 51.8 Å². The van der Waals surface area contributed by atoms with E-state index < -0.39 is 0 Å². The van der Waals surface area contributed by atoms with Crippen molar-refractivity contribution in [1.29, 1.82) is 0 Å². The first kappa shape index (κ1) is 13.1. The third-order valence-corrected chi connectivity index (χ3v) is 3.68. The normalized spacial score (nSPS) is 12.4. The fraction of sp³-hybridized carbons (Fsp3) is 0.286. The number of nitrogens with two attached hydrogens (primary N) is 1. The second kappa shape index (κ2) is 5.98. The van der Waals surface area contributed by atoms with Gasteiger partial charge in [-0.3, -0.25) is 0 Å². The molecule has 18 heavy (non-hydrogen) atoms. The first-order valence-electron chi connectivity index (χ1n) is 5.92. The van der Waals surface area contributed by atoms with Crippen molar-refractivity contribution in [2.45, 2.75) is 30.5 Å². The summed E-state index contributed by atoms with van der Waals surface area (Å²) in [6.45, 7) is 3.93. The van der Waals surface area contributed by atoms with E-state index in [9.17, 15) is 0 Å². The van der Waals surface area contributed by atoms with Crippen LogP contribution < -0.4 is 5.73 Å². The van der Waals surface area contributed by atoms with Crippen molar-refractivity contribution in [3.63, 3.8) is 0 Å². The molecule has 0 saturated heterocycles. The van der Waals surface area contributed by atoms with Gasteiger partial charge < -0.3 is 5.73 Å². The molecular formula is C14H17N3S. The Morgan fingerprint density at radius 3 is 2.61 bits per heavy atom. The number of hydrogen-bond acceptors (Lipinski definition) is 4. The predicted molar refractivity (Wildman–Crippen MR) is 75.4 cm³/mol. The molecule has 4 heteroatoms. The van der Waals surface area contributed by atoms with Gasteiger partial charge >= 0.3 is 0 Å². The average Bonchev–Trinajstić information content (AvgIpc) is 2.37. The number of aryl methyl sites for hydroxylation is 1.